The van der Waals surface area contributed by atoms with Crippen LogP contribution in [0.1, 0.15) is 45.4 Å². The molecule has 2 bridgehead atoms. The quantitative estimate of drug-likeness (QED) is 0.670. The lowest BCUT2D eigenvalue weighted by molar-refractivity contribution is -0.127. The van der Waals surface area contributed by atoms with Gasteiger partial charge in [0.05, 0.1) is 0 Å². The second kappa shape index (κ2) is 5.78. The monoisotopic (exact) mass is 225 g/mol. The SMILES string of the molecule is CCOCCCN1C2CCCC1CC(=O)C2. The molecule has 0 radical (unpaired) electrons. The first-order valence-electron chi connectivity index (χ1n) is 6.66. The van der Waals surface area contributed by atoms with Gasteiger partial charge in [-0.2, -0.15) is 0 Å². The van der Waals surface area contributed by atoms with Crippen LogP contribution in [0.25, 0.3) is 0 Å². The smallest absolute Gasteiger partial charge is 0.136 e. The van der Waals surface area contributed by atoms with Crippen LogP contribution in [0.4, 0.5) is 0 Å². The maximum Gasteiger partial charge on any atom is 0.136 e. The second-order valence-corrected chi connectivity index (χ2v) is 4.97. The van der Waals surface area contributed by atoms with E-state index in [2.05, 4.69) is 4.90 Å². The molecule has 2 aliphatic rings. The summed E-state index contributed by atoms with van der Waals surface area (Å²) in [4.78, 5) is 14.1. The molecule has 3 heteroatoms. The Kier molecular flexibility index (Phi) is 4.36. The maximum atomic E-state index is 11.5. The van der Waals surface area contributed by atoms with Crippen molar-refractivity contribution in [1.29, 1.82) is 0 Å². The van der Waals surface area contributed by atoms with E-state index in [0.717, 1.165) is 39.0 Å². The van der Waals surface area contributed by atoms with Gasteiger partial charge in [-0.1, -0.05) is 6.42 Å². The first kappa shape index (κ1) is 12.1. The average Bonchev–Trinajstić information content (AvgIpc) is 2.25. The van der Waals surface area contributed by atoms with Crippen molar-refractivity contribution in [2.24, 2.45) is 0 Å². The van der Waals surface area contributed by atoms with Gasteiger partial charge in [-0.25, -0.2) is 0 Å². The topological polar surface area (TPSA) is 29.5 Å². The van der Waals surface area contributed by atoms with Crippen LogP contribution in [0.2, 0.25) is 0 Å². The Balaban J connectivity index is 1.81. The van der Waals surface area contributed by atoms with E-state index in [1.165, 1.54) is 19.3 Å². The van der Waals surface area contributed by atoms with E-state index in [0.29, 0.717) is 17.9 Å². The summed E-state index contributed by atoms with van der Waals surface area (Å²) in [6.45, 7) is 4.82. The lowest BCUT2D eigenvalue weighted by Crippen LogP contribution is -2.52. The zero-order valence-electron chi connectivity index (χ0n) is 10.3. The molecule has 2 aliphatic heterocycles. The number of rotatable bonds is 5. The Labute approximate surface area is 98.1 Å². The van der Waals surface area contributed by atoms with E-state index in [-0.39, 0.29) is 0 Å². The molecule has 0 aliphatic carbocycles. The van der Waals surface area contributed by atoms with Gasteiger partial charge < -0.3 is 4.74 Å². The first-order chi connectivity index (χ1) is 7.81. The number of piperidine rings is 2. The summed E-state index contributed by atoms with van der Waals surface area (Å²) >= 11 is 0. The zero-order chi connectivity index (χ0) is 11.4. The molecular formula is C13H23NO2. The Morgan fingerprint density at radius 2 is 2.00 bits per heavy atom. The fourth-order valence-electron chi connectivity index (χ4n) is 3.13. The highest BCUT2D eigenvalue weighted by Crippen LogP contribution is 2.32. The number of nitrogens with zero attached hydrogens (tertiary/aromatic N) is 1. The van der Waals surface area contributed by atoms with E-state index in [9.17, 15) is 4.79 Å². The zero-order valence-corrected chi connectivity index (χ0v) is 10.3. The number of fused-ring (bicyclic) bond motifs is 2. The van der Waals surface area contributed by atoms with Gasteiger partial charge in [0.15, 0.2) is 0 Å². The number of carbonyl (C=O) groups excluding carboxylic acids is 1. The molecule has 16 heavy (non-hydrogen) atoms. The fraction of sp³-hybridized carbons (Fsp3) is 0.923. The summed E-state index contributed by atoms with van der Waals surface area (Å²) in [7, 11) is 0. The van der Waals surface area contributed by atoms with Crippen LogP contribution in [0.15, 0.2) is 0 Å². The highest BCUT2D eigenvalue weighted by Gasteiger charge is 2.36. The first-order valence-corrected chi connectivity index (χ1v) is 6.66. The molecule has 2 heterocycles. The van der Waals surface area contributed by atoms with E-state index >= 15 is 0 Å². The van der Waals surface area contributed by atoms with Crippen molar-refractivity contribution in [1.82, 2.24) is 4.90 Å². The summed E-state index contributed by atoms with van der Waals surface area (Å²) < 4.78 is 5.37. The summed E-state index contributed by atoms with van der Waals surface area (Å²) in [5.74, 6) is 0.482. The lowest BCUT2D eigenvalue weighted by Gasteiger charge is -2.45. The molecule has 0 amide bonds. The number of hydrogen-bond donors (Lipinski definition) is 0. The largest absolute Gasteiger partial charge is 0.382 e. The van der Waals surface area contributed by atoms with E-state index in [1.807, 2.05) is 6.92 Å². The predicted molar refractivity (Wildman–Crippen MR) is 63.5 cm³/mol. The fourth-order valence-corrected chi connectivity index (χ4v) is 3.13. The van der Waals surface area contributed by atoms with Crippen molar-refractivity contribution >= 4 is 5.78 Å². The molecule has 2 fully saturated rings. The van der Waals surface area contributed by atoms with Crippen LogP contribution in [0.3, 0.4) is 0 Å². The third-order valence-corrected chi connectivity index (χ3v) is 3.85. The molecule has 0 aromatic heterocycles. The standard InChI is InChI=1S/C13H23NO2/c1-2-16-8-4-7-14-11-5-3-6-12(14)10-13(15)9-11/h11-12H,2-10H2,1H3. The van der Waals surface area contributed by atoms with Gasteiger partial charge in [-0.3, -0.25) is 9.69 Å². The van der Waals surface area contributed by atoms with Crippen molar-refractivity contribution in [2.75, 3.05) is 19.8 Å². The maximum absolute atomic E-state index is 11.5. The number of ether oxygens (including phenoxy) is 1. The molecule has 0 aromatic carbocycles. The van der Waals surface area contributed by atoms with Crippen molar-refractivity contribution in [3.05, 3.63) is 0 Å². The van der Waals surface area contributed by atoms with Crippen molar-refractivity contribution in [3.8, 4) is 0 Å². The minimum atomic E-state index is 0.482. The minimum absolute atomic E-state index is 0.482. The molecule has 0 aromatic rings. The van der Waals surface area contributed by atoms with Gasteiger partial charge in [0.2, 0.25) is 0 Å². The van der Waals surface area contributed by atoms with E-state index < -0.39 is 0 Å². The van der Waals surface area contributed by atoms with Gasteiger partial charge in [0, 0.05) is 44.7 Å². The normalized spacial score (nSPS) is 30.7. The third-order valence-electron chi connectivity index (χ3n) is 3.85. The second-order valence-electron chi connectivity index (χ2n) is 4.97. The van der Waals surface area contributed by atoms with Gasteiger partial charge in [0.1, 0.15) is 5.78 Å². The molecule has 3 nitrogen and oxygen atoms in total. The highest BCUT2D eigenvalue weighted by molar-refractivity contribution is 5.80. The number of hydrogen-bond acceptors (Lipinski definition) is 3. The molecule has 2 rings (SSSR count). The van der Waals surface area contributed by atoms with Crippen LogP contribution in [0.5, 0.6) is 0 Å². The minimum Gasteiger partial charge on any atom is -0.382 e. The summed E-state index contributed by atoms with van der Waals surface area (Å²) in [5.41, 5.74) is 0. The molecule has 2 unspecified atom stereocenters. The molecule has 0 spiro atoms. The van der Waals surface area contributed by atoms with Gasteiger partial charge in [-0.05, 0) is 26.2 Å². The number of carbonyl (C=O) groups is 1. The van der Waals surface area contributed by atoms with Crippen LogP contribution in [0, 0.1) is 0 Å². The summed E-state index contributed by atoms with van der Waals surface area (Å²) in [5, 5.41) is 0. The molecule has 2 saturated heterocycles. The van der Waals surface area contributed by atoms with Crippen molar-refractivity contribution in [2.45, 2.75) is 57.5 Å². The number of ketones is 1. The lowest BCUT2D eigenvalue weighted by atomic mass is 9.84. The average molecular weight is 225 g/mol. The van der Waals surface area contributed by atoms with E-state index in [4.69, 9.17) is 4.74 Å². The third kappa shape index (κ3) is 2.83. The molecule has 0 saturated carbocycles. The highest BCUT2D eigenvalue weighted by atomic mass is 16.5. The van der Waals surface area contributed by atoms with Crippen molar-refractivity contribution in [3.63, 3.8) is 0 Å². The van der Waals surface area contributed by atoms with Gasteiger partial charge in [-0.15, -0.1) is 0 Å². The van der Waals surface area contributed by atoms with Crippen LogP contribution < -0.4 is 0 Å². The Hall–Kier alpha value is -0.410. The predicted octanol–water partition coefficient (Wildman–Crippen LogP) is 2.00. The van der Waals surface area contributed by atoms with Crippen LogP contribution >= 0.6 is 0 Å². The molecule has 2 atom stereocenters. The Morgan fingerprint density at radius 3 is 2.62 bits per heavy atom. The van der Waals surface area contributed by atoms with Gasteiger partial charge in [0.25, 0.3) is 0 Å². The summed E-state index contributed by atoms with van der Waals surface area (Å²) in [6.07, 6.45) is 6.45. The number of Topliss-reactive ketones (excluding diaryl/α,β-unsaturated/α-hetero) is 1. The van der Waals surface area contributed by atoms with Gasteiger partial charge >= 0.3 is 0 Å². The molecule has 0 N–H and O–H groups in total. The van der Waals surface area contributed by atoms with E-state index in [1.54, 1.807) is 0 Å². The summed E-state index contributed by atoms with van der Waals surface area (Å²) in [6, 6.07) is 1.09. The van der Waals surface area contributed by atoms with Crippen LogP contribution in [-0.2, 0) is 9.53 Å². The van der Waals surface area contributed by atoms with Crippen molar-refractivity contribution < 1.29 is 9.53 Å². The Morgan fingerprint density at radius 1 is 1.31 bits per heavy atom. The van der Waals surface area contributed by atoms with Crippen LogP contribution in [-0.4, -0.2) is 42.5 Å². The molecule has 92 valence electrons. The Bertz CT molecular complexity index is 226. The molecular weight excluding hydrogens is 202 g/mol.